The van der Waals surface area contributed by atoms with E-state index in [9.17, 15) is 5.11 Å². The van der Waals surface area contributed by atoms with E-state index in [1.54, 1.807) is 0 Å². The third kappa shape index (κ3) is 3.93. The number of nitrogens with zero attached hydrogens (tertiary/aromatic N) is 1. The lowest BCUT2D eigenvalue weighted by molar-refractivity contribution is 0.129. The van der Waals surface area contributed by atoms with Crippen molar-refractivity contribution in [2.24, 2.45) is 5.73 Å². The van der Waals surface area contributed by atoms with Crippen molar-refractivity contribution >= 4 is 0 Å². The van der Waals surface area contributed by atoms with Crippen molar-refractivity contribution in [1.29, 1.82) is 0 Å². The van der Waals surface area contributed by atoms with Crippen molar-refractivity contribution in [3.8, 4) is 0 Å². The first-order valence-corrected chi connectivity index (χ1v) is 5.65. The molecule has 3 nitrogen and oxygen atoms in total. The maximum atomic E-state index is 9.44. The minimum Gasteiger partial charge on any atom is -0.390 e. The molecule has 90 valence electrons. The van der Waals surface area contributed by atoms with Crippen LogP contribution in [-0.2, 0) is 6.54 Å². The number of hydrogen-bond acceptors (Lipinski definition) is 3. The van der Waals surface area contributed by atoms with Crippen molar-refractivity contribution < 1.29 is 5.11 Å². The topological polar surface area (TPSA) is 49.5 Å². The Morgan fingerprint density at radius 1 is 1.31 bits per heavy atom. The van der Waals surface area contributed by atoms with Crippen molar-refractivity contribution in [2.45, 2.75) is 26.5 Å². The van der Waals surface area contributed by atoms with Crippen LogP contribution >= 0.6 is 0 Å². The normalized spacial score (nSPS) is 13.1. The van der Waals surface area contributed by atoms with Gasteiger partial charge < -0.3 is 10.8 Å². The fourth-order valence-electron chi connectivity index (χ4n) is 1.71. The van der Waals surface area contributed by atoms with E-state index in [1.165, 1.54) is 16.7 Å². The number of aliphatic hydroxyl groups is 1. The molecule has 0 aliphatic heterocycles. The summed E-state index contributed by atoms with van der Waals surface area (Å²) in [5.41, 5.74) is 9.28. The standard InChI is InChI=1S/C13H22N2O/c1-10-4-5-12(6-11(10)2)8-15(3)9-13(16)7-14/h4-6,13,16H,7-9,14H2,1-3H3. The number of rotatable bonds is 5. The molecular weight excluding hydrogens is 200 g/mol. The number of benzene rings is 1. The van der Waals surface area contributed by atoms with Gasteiger partial charge in [0.15, 0.2) is 0 Å². The first kappa shape index (κ1) is 13.2. The molecule has 1 rings (SSSR count). The molecule has 1 aromatic carbocycles. The molecule has 0 saturated carbocycles. The first-order valence-electron chi connectivity index (χ1n) is 5.65. The third-order valence-corrected chi connectivity index (χ3v) is 2.82. The van der Waals surface area contributed by atoms with Gasteiger partial charge in [-0.05, 0) is 37.6 Å². The summed E-state index contributed by atoms with van der Waals surface area (Å²) in [4.78, 5) is 2.08. The molecule has 0 aliphatic rings. The Balaban J connectivity index is 2.56. The summed E-state index contributed by atoms with van der Waals surface area (Å²) in [5.74, 6) is 0. The smallest absolute Gasteiger partial charge is 0.0789 e. The van der Waals surface area contributed by atoms with E-state index in [4.69, 9.17) is 5.73 Å². The maximum absolute atomic E-state index is 9.44. The lowest BCUT2D eigenvalue weighted by Crippen LogP contribution is -2.33. The van der Waals surface area contributed by atoms with E-state index >= 15 is 0 Å². The van der Waals surface area contributed by atoms with Gasteiger partial charge in [-0.1, -0.05) is 18.2 Å². The Labute approximate surface area is 97.9 Å². The van der Waals surface area contributed by atoms with Crippen molar-refractivity contribution in [2.75, 3.05) is 20.1 Å². The minimum absolute atomic E-state index is 0.317. The van der Waals surface area contributed by atoms with E-state index in [1.807, 2.05) is 7.05 Å². The van der Waals surface area contributed by atoms with Crippen LogP contribution in [0, 0.1) is 13.8 Å². The summed E-state index contributed by atoms with van der Waals surface area (Å²) >= 11 is 0. The Morgan fingerprint density at radius 3 is 2.56 bits per heavy atom. The van der Waals surface area contributed by atoms with Gasteiger partial charge in [-0.3, -0.25) is 4.90 Å². The molecule has 16 heavy (non-hydrogen) atoms. The SMILES string of the molecule is Cc1ccc(CN(C)CC(O)CN)cc1C. The molecule has 1 atom stereocenters. The number of aryl methyl sites for hydroxylation is 2. The van der Waals surface area contributed by atoms with E-state index in [0.29, 0.717) is 13.1 Å². The Hall–Kier alpha value is -0.900. The van der Waals surface area contributed by atoms with Crippen LogP contribution in [-0.4, -0.2) is 36.2 Å². The molecule has 0 amide bonds. The van der Waals surface area contributed by atoms with E-state index in [0.717, 1.165) is 6.54 Å². The van der Waals surface area contributed by atoms with Gasteiger partial charge in [-0.15, -0.1) is 0 Å². The largest absolute Gasteiger partial charge is 0.390 e. The summed E-state index contributed by atoms with van der Waals surface area (Å²) in [5, 5.41) is 9.44. The minimum atomic E-state index is -0.434. The first-order chi connectivity index (χ1) is 7.52. The Kier molecular flexibility index (Phi) is 4.93. The zero-order valence-electron chi connectivity index (χ0n) is 10.4. The van der Waals surface area contributed by atoms with Crippen LogP contribution in [0.2, 0.25) is 0 Å². The van der Waals surface area contributed by atoms with Gasteiger partial charge in [0.2, 0.25) is 0 Å². The predicted molar refractivity (Wildman–Crippen MR) is 67.3 cm³/mol. The van der Waals surface area contributed by atoms with E-state index in [-0.39, 0.29) is 0 Å². The zero-order valence-corrected chi connectivity index (χ0v) is 10.4. The van der Waals surface area contributed by atoms with Gasteiger partial charge in [-0.2, -0.15) is 0 Å². The predicted octanol–water partition coefficient (Wildman–Crippen LogP) is 1.05. The average Bonchev–Trinajstić information content (AvgIpc) is 2.23. The molecule has 0 bridgehead atoms. The summed E-state index contributed by atoms with van der Waals surface area (Å²) in [6, 6.07) is 6.46. The molecule has 3 N–H and O–H groups in total. The Bertz CT molecular complexity index is 339. The summed E-state index contributed by atoms with van der Waals surface area (Å²) in [6.45, 7) is 6.01. The molecule has 0 aromatic heterocycles. The third-order valence-electron chi connectivity index (χ3n) is 2.82. The molecule has 1 aromatic rings. The monoisotopic (exact) mass is 222 g/mol. The number of aliphatic hydroxyl groups excluding tert-OH is 1. The van der Waals surface area contributed by atoms with Gasteiger partial charge in [0.1, 0.15) is 0 Å². The van der Waals surface area contributed by atoms with Gasteiger partial charge in [0.05, 0.1) is 6.10 Å². The van der Waals surface area contributed by atoms with Crippen molar-refractivity contribution in [1.82, 2.24) is 4.90 Å². The van der Waals surface area contributed by atoms with Gasteiger partial charge in [0.25, 0.3) is 0 Å². The summed E-state index contributed by atoms with van der Waals surface area (Å²) in [7, 11) is 1.99. The van der Waals surface area contributed by atoms with Crippen molar-refractivity contribution in [3.63, 3.8) is 0 Å². The van der Waals surface area contributed by atoms with Crippen LogP contribution in [0.4, 0.5) is 0 Å². The van der Waals surface area contributed by atoms with Gasteiger partial charge in [0, 0.05) is 19.6 Å². The summed E-state index contributed by atoms with van der Waals surface area (Å²) in [6.07, 6.45) is -0.434. The van der Waals surface area contributed by atoms with Crippen molar-refractivity contribution in [3.05, 3.63) is 34.9 Å². The molecule has 3 heteroatoms. The number of likely N-dealkylation sites (N-methyl/N-ethyl adjacent to an activating group) is 1. The highest BCUT2D eigenvalue weighted by Crippen LogP contribution is 2.11. The van der Waals surface area contributed by atoms with Crippen LogP contribution in [0.3, 0.4) is 0 Å². The van der Waals surface area contributed by atoms with E-state index in [2.05, 4.69) is 36.9 Å². The fraction of sp³-hybridized carbons (Fsp3) is 0.538. The molecule has 0 spiro atoms. The maximum Gasteiger partial charge on any atom is 0.0789 e. The van der Waals surface area contributed by atoms with Crippen LogP contribution in [0.1, 0.15) is 16.7 Å². The van der Waals surface area contributed by atoms with Crippen LogP contribution in [0.25, 0.3) is 0 Å². The summed E-state index contributed by atoms with van der Waals surface area (Å²) < 4.78 is 0. The molecule has 0 aliphatic carbocycles. The molecular formula is C13H22N2O. The molecule has 0 heterocycles. The second kappa shape index (κ2) is 5.99. The molecule has 0 saturated heterocycles. The Morgan fingerprint density at radius 2 is 2.00 bits per heavy atom. The highest BCUT2D eigenvalue weighted by atomic mass is 16.3. The number of hydrogen-bond donors (Lipinski definition) is 2. The molecule has 0 fully saturated rings. The van der Waals surface area contributed by atoms with Crippen LogP contribution in [0.5, 0.6) is 0 Å². The van der Waals surface area contributed by atoms with Crippen LogP contribution < -0.4 is 5.73 Å². The van der Waals surface area contributed by atoms with Crippen LogP contribution in [0.15, 0.2) is 18.2 Å². The number of nitrogens with two attached hydrogens (primary N) is 1. The van der Waals surface area contributed by atoms with Gasteiger partial charge >= 0.3 is 0 Å². The highest BCUT2D eigenvalue weighted by molar-refractivity contribution is 5.29. The lowest BCUT2D eigenvalue weighted by Gasteiger charge is -2.20. The molecule has 1 unspecified atom stereocenters. The quantitative estimate of drug-likeness (QED) is 0.783. The van der Waals surface area contributed by atoms with Gasteiger partial charge in [-0.25, -0.2) is 0 Å². The zero-order chi connectivity index (χ0) is 12.1. The second-order valence-corrected chi connectivity index (χ2v) is 4.50. The average molecular weight is 222 g/mol. The molecule has 0 radical (unpaired) electrons. The second-order valence-electron chi connectivity index (χ2n) is 4.50. The van der Waals surface area contributed by atoms with E-state index < -0.39 is 6.10 Å². The fourth-order valence-corrected chi connectivity index (χ4v) is 1.71. The highest BCUT2D eigenvalue weighted by Gasteiger charge is 2.06. The lowest BCUT2D eigenvalue weighted by atomic mass is 10.1.